The topological polar surface area (TPSA) is 67.9 Å². The van der Waals surface area contributed by atoms with Crippen molar-refractivity contribution in [1.29, 1.82) is 0 Å². The van der Waals surface area contributed by atoms with E-state index in [0.717, 1.165) is 12.0 Å². The van der Waals surface area contributed by atoms with E-state index in [9.17, 15) is 14.0 Å². The molecule has 7 heteroatoms. The molecular weight excluding hydrogens is 435 g/mol. The monoisotopic (exact) mass is 472 g/mol. The highest BCUT2D eigenvalue weighted by Gasteiger charge is 2.27. The van der Waals surface area contributed by atoms with Crippen LogP contribution in [0.2, 0.25) is 0 Å². The van der Waals surface area contributed by atoms with Crippen LogP contribution in [0.1, 0.15) is 58.6 Å². The highest BCUT2D eigenvalue weighted by atomic mass is 19.1. The van der Waals surface area contributed by atoms with Gasteiger partial charge in [0, 0.05) is 24.6 Å². The normalized spacial score (nSPS) is 12.5. The molecule has 0 heterocycles. The fourth-order valence-electron chi connectivity index (χ4n) is 3.50. The molecule has 0 bridgehead atoms. The summed E-state index contributed by atoms with van der Waals surface area (Å²) in [7, 11) is 0. The van der Waals surface area contributed by atoms with Gasteiger partial charge in [-0.3, -0.25) is 9.59 Å². The highest BCUT2D eigenvalue weighted by Crippen LogP contribution is 2.29. The number of amides is 2. The van der Waals surface area contributed by atoms with E-state index in [0.29, 0.717) is 36.7 Å². The van der Waals surface area contributed by atoms with Gasteiger partial charge in [0.25, 0.3) is 0 Å². The number of nitrogens with zero attached hydrogens (tertiary/aromatic N) is 1. The van der Waals surface area contributed by atoms with E-state index in [4.69, 9.17) is 9.47 Å². The number of ether oxygens (including phenoxy) is 2. The Morgan fingerprint density at radius 1 is 1.00 bits per heavy atom. The summed E-state index contributed by atoms with van der Waals surface area (Å²) < 4.78 is 25.6. The Morgan fingerprint density at radius 3 is 2.32 bits per heavy atom. The first-order valence-electron chi connectivity index (χ1n) is 12.0. The molecule has 0 saturated heterocycles. The Kier molecular flexibility index (Phi) is 10.8. The van der Waals surface area contributed by atoms with Gasteiger partial charge in [-0.2, -0.15) is 0 Å². The lowest BCUT2D eigenvalue weighted by Gasteiger charge is -2.30. The zero-order valence-electron chi connectivity index (χ0n) is 20.9. The summed E-state index contributed by atoms with van der Waals surface area (Å²) in [5.74, 6) is 0.429. The van der Waals surface area contributed by atoms with Crippen molar-refractivity contribution in [1.82, 2.24) is 10.2 Å². The van der Waals surface area contributed by atoms with Gasteiger partial charge in [-0.05, 0) is 64.3 Å². The molecule has 0 unspecified atom stereocenters. The molecule has 0 aliphatic heterocycles. The molecule has 0 aliphatic carbocycles. The number of benzene rings is 2. The Labute approximate surface area is 202 Å². The second kappa shape index (κ2) is 13.6. The van der Waals surface area contributed by atoms with Crippen molar-refractivity contribution in [3.05, 3.63) is 59.4 Å². The fourth-order valence-corrected chi connectivity index (χ4v) is 3.50. The minimum absolute atomic E-state index is 0.0128. The van der Waals surface area contributed by atoms with Crippen molar-refractivity contribution >= 4 is 11.8 Å². The average molecular weight is 473 g/mol. The van der Waals surface area contributed by atoms with Crippen molar-refractivity contribution in [2.45, 2.75) is 72.5 Å². The van der Waals surface area contributed by atoms with Gasteiger partial charge in [-0.1, -0.05) is 31.2 Å². The molecule has 2 amide bonds. The molecule has 0 saturated carbocycles. The van der Waals surface area contributed by atoms with Crippen LogP contribution in [0.3, 0.4) is 0 Å². The van der Waals surface area contributed by atoms with Crippen molar-refractivity contribution in [2.24, 2.45) is 0 Å². The summed E-state index contributed by atoms with van der Waals surface area (Å²) in [5, 5.41) is 2.92. The summed E-state index contributed by atoms with van der Waals surface area (Å²) in [5.41, 5.74) is 1.29. The van der Waals surface area contributed by atoms with Gasteiger partial charge in [0.05, 0.1) is 13.2 Å². The third kappa shape index (κ3) is 7.75. The summed E-state index contributed by atoms with van der Waals surface area (Å²) in [6.45, 7) is 10.4. The van der Waals surface area contributed by atoms with Crippen molar-refractivity contribution in [3.63, 3.8) is 0 Å². The van der Waals surface area contributed by atoms with Crippen LogP contribution in [0.15, 0.2) is 42.5 Å². The molecule has 2 rings (SSSR count). The molecule has 186 valence electrons. The van der Waals surface area contributed by atoms with Crippen LogP contribution in [0.25, 0.3) is 0 Å². The summed E-state index contributed by atoms with van der Waals surface area (Å²) in [6.07, 6.45) is 1.41. The maximum Gasteiger partial charge on any atom is 0.242 e. The van der Waals surface area contributed by atoms with Crippen molar-refractivity contribution < 1.29 is 23.5 Å². The van der Waals surface area contributed by atoms with E-state index in [1.54, 1.807) is 25.1 Å². The minimum atomic E-state index is -0.736. The summed E-state index contributed by atoms with van der Waals surface area (Å²) in [6, 6.07) is 11.2. The molecular formula is C27H37FN2O4. The minimum Gasteiger partial charge on any atom is -0.490 e. The van der Waals surface area contributed by atoms with E-state index in [1.807, 2.05) is 45.9 Å². The van der Waals surface area contributed by atoms with Crippen molar-refractivity contribution in [3.8, 4) is 11.5 Å². The van der Waals surface area contributed by atoms with E-state index < -0.39 is 11.9 Å². The molecule has 6 nitrogen and oxygen atoms in total. The number of carbonyl (C=O) groups is 2. The molecule has 0 spiro atoms. The van der Waals surface area contributed by atoms with Crippen LogP contribution in [0.4, 0.5) is 4.39 Å². The predicted octanol–water partition coefficient (Wildman–Crippen LogP) is 4.89. The number of rotatable bonds is 13. The van der Waals surface area contributed by atoms with Gasteiger partial charge >= 0.3 is 0 Å². The van der Waals surface area contributed by atoms with Gasteiger partial charge in [-0.15, -0.1) is 0 Å². The lowest BCUT2D eigenvalue weighted by molar-refractivity contribution is -0.140. The van der Waals surface area contributed by atoms with E-state index in [1.165, 1.54) is 11.0 Å². The standard InChI is InChI=1S/C27H37FN2O4/c1-6-19(4)29-27(32)20(5)30(18-22-11-9-10-12-23(22)28)26(31)16-14-21-13-15-24(33-7-2)25(17-21)34-8-3/h9-13,15,17,19-20H,6-8,14,16,18H2,1-5H3,(H,29,32)/t19-,20+/m0/s1. The molecule has 0 fully saturated rings. The van der Waals surface area contributed by atoms with Crippen LogP contribution >= 0.6 is 0 Å². The van der Waals surface area contributed by atoms with Gasteiger partial charge in [0.1, 0.15) is 11.9 Å². The van der Waals surface area contributed by atoms with Gasteiger partial charge in [-0.25, -0.2) is 4.39 Å². The Hall–Kier alpha value is -3.09. The number of aryl methyl sites for hydroxylation is 1. The average Bonchev–Trinajstić information content (AvgIpc) is 2.83. The van der Waals surface area contributed by atoms with Crippen LogP contribution in [0, 0.1) is 5.82 Å². The second-order valence-corrected chi connectivity index (χ2v) is 8.25. The quantitative estimate of drug-likeness (QED) is 0.451. The summed E-state index contributed by atoms with van der Waals surface area (Å²) >= 11 is 0. The number of nitrogens with one attached hydrogen (secondary N) is 1. The summed E-state index contributed by atoms with van der Waals surface area (Å²) in [4.78, 5) is 27.5. The number of hydrogen-bond donors (Lipinski definition) is 1. The van der Waals surface area contributed by atoms with Crippen LogP contribution in [0.5, 0.6) is 11.5 Å². The maximum absolute atomic E-state index is 14.3. The third-order valence-corrected chi connectivity index (χ3v) is 5.70. The van der Waals surface area contributed by atoms with Crippen LogP contribution < -0.4 is 14.8 Å². The van der Waals surface area contributed by atoms with Crippen LogP contribution in [-0.4, -0.2) is 42.0 Å². The predicted molar refractivity (Wildman–Crippen MR) is 131 cm³/mol. The highest BCUT2D eigenvalue weighted by molar-refractivity contribution is 5.87. The SMILES string of the molecule is CCOc1ccc(CCC(=O)N(Cc2ccccc2F)[C@H](C)C(=O)N[C@@H](C)CC)cc1OCC. The zero-order chi connectivity index (χ0) is 25.1. The lowest BCUT2D eigenvalue weighted by Crippen LogP contribution is -2.49. The molecule has 0 aromatic heterocycles. The second-order valence-electron chi connectivity index (χ2n) is 8.25. The number of halogens is 1. The van der Waals surface area contributed by atoms with Gasteiger partial charge < -0.3 is 19.7 Å². The van der Waals surface area contributed by atoms with Crippen LogP contribution in [-0.2, 0) is 22.6 Å². The molecule has 2 atom stereocenters. The number of hydrogen-bond acceptors (Lipinski definition) is 4. The first-order chi connectivity index (χ1) is 16.3. The van der Waals surface area contributed by atoms with E-state index in [-0.39, 0.29) is 30.8 Å². The molecule has 2 aromatic carbocycles. The molecule has 2 aromatic rings. The Morgan fingerprint density at radius 2 is 1.68 bits per heavy atom. The Balaban J connectivity index is 2.19. The fraction of sp³-hybridized carbons (Fsp3) is 0.481. The van der Waals surface area contributed by atoms with E-state index in [2.05, 4.69) is 5.32 Å². The van der Waals surface area contributed by atoms with Crippen molar-refractivity contribution in [2.75, 3.05) is 13.2 Å². The largest absolute Gasteiger partial charge is 0.490 e. The zero-order valence-corrected chi connectivity index (χ0v) is 20.9. The third-order valence-electron chi connectivity index (χ3n) is 5.70. The maximum atomic E-state index is 14.3. The first kappa shape index (κ1) is 27.2. The smallest absolute Gasteiger partial charge is 0.242 e. The Bertz CT molecular complexity index is 950. The van der Waals surface area contributed by atoms with E-state index >= 15 is 0 Å². The molecule has 0 radical (unpaired) electrons. The lowest BCUT2D eigenvalue weighted by atomic mass is 10.1. The van der Waals surface area contributed by atoms with Gasteiger partial charge in [0.15, 0.2) is 11.5 Å². The molecule has 1 N–H and O–H groups in total. The molecule has 0 aliphatic rings. The first-order valence-corrected chi connectivity index (χ1v) is 12.0. The van der Waals surface area contributed by atoms with Gasteiger partial charge in [0.2, 0.25) is 11.8 Å². The molecule has 34 heavy (non-hydrogen) atoms. The number of carbonyl (C=O) groups excluding carboxylic acids is 2.